The number of aromatic nitrogens is 2. The van der Waals surface area contributed by atoms with E-state index in [4.69, 9.17) is 12.2 Å². The highest BCUT2D eigenvalue weighted by atomic mass is 32.1. The van der Waals surface area contributed by atoms with Gasteiger partial charge in [-0.1, -0.05) is 6.07 Å². The predicted molar refractivity (Wildman–Crippen MR) is 77.6 cm³/mol. The molecule has 2 aromatic rings. The molecule has 1 aromatic carbocycles. The van der Waals surface area contributed by atoms with Crippen molar-refractivity contribution in [2.24, 2.45) is 0 Å². The molecule has 3 nitrogen and oxygen atoms in total. The number of nitrogens with one attached hydrogen (secondary N) is 1. The Balaban J connectivity index is 2.12. The van der Waals surface area contributed by atoms with Crippen molar-refractivity contribution in [2.75, 3.05) is 20.1 Å². The van der Waals surface area contributed by atoms with Crippen molar-refractivity contribution in [3.8, 4) is 0 Å². The summed E-state index contributed by atoms with van der Waals surface area (Å²) in [7, 11) is 2.19. The van der Waals surface area contributed by atoms with Crippen LogP contribution in [-0.4, -0.2) is 34.6 Å². The fourth-order valence-corrected chi connectivity index (χ4v) is 3.30. The summed E-state index contributed by atoms with van der Waals surface area (Å²) in [5.74, 6) is 0. The fourth-order valence-electron chi connectivity index (χ4n) is 2.94. The molecule has 1 saturated heterocycles. The number of nitrogens with zero attached hydrogens (tertiary/aromatic N) is 2. The van der Waals surface area contributed by atoms with Gasteiger partial charge in [0.25, 0.3) is 0 Å². The van der Waals surface area contributed by atoms with Gasteiger partial charge in [-0.2, -0.15) is 0 Å². The van der Waals surface area contributed by atoms with Crippen LogP contribution in [0.5, 0.6) is 0 Å². The molecule has 1 aliphatic heterocycles. The van der Waals surface area contributed by atoms with Crippen molar-refractivity contribution in [3.05, 3.63) is 28.5 Å². The number of aryl methyl sites for hydroxylation is 1. The number of hydrogen-bond donors (Lipinski definition) is 1. The molecule has 1 aromatic heterocycles. The van der Waals surface area contributed by atoms with E-state index >= 15 is 0 Å². The largest absolute Gasteiger partial charge is 0.331 e. The number of imidazole rings is 1. The fraction of sp³-hybridized carbons (Fsp3) is 0.500. The van der Waals surface area contributed by atoms with Crippen molar-refractivity contribution in [3.63, 3.8) is 0 Å². The minimum absolute atomic E-state index is 0.506. The summed E-state index contributed by atoms with van der Waals surface area (Å²) in [6.45, 7) is 4.42. The van der Waals surface area contributed by atoms with Crippen LogP contribution in [0.1, 0.15) is 24.4 Å². The number of rotatable bonds is 1. The van der Waals surface area contributed by atoms with E-state index < -0.39 is 0 Å². The van der Waals surface area contributed by atoms with Crippen LogP contribution in [0.4, 0.5) is 0 Å². The van der Waals surface area contributed by atoms with Crippen LogP contribution in [0.25, 0.3) is 11.0 Å². The van der Waals surface area contributed by atoms with E-state index in [2.05, 4.69) is 46.6 Å². The quantitative estimate of drug-likeness (QED) is 0.797. The van der Waals surface area contributed by atoms with Crippen molar-refractivity contribution in [2.45, 2.75) is 25.8 Å². The van der Waals surface area contributed by atoms with Crippen LogP contribution in [0.3, 0.4) is 0 Å². The van der Waals surface area contributed by atoms with Gasteiger partial charge in [-0.3, -0.25) is 0 Å². The summed E-state index contributed by atoms with van der Waals surface area (Å²) in [5.41, 5.74) is 3.69. The average Bonchev–Trinajstić information content (AvgIpc) is 2.64. The van der Waals surface area contributed by atoms with Crippen molar-refractivity contribution in [1.29, 1.82) is 0 Å². The third kappa shape index (κ3) is 1.99. The lowest BCUT2D eigenvalue weighted by molar-refractivity contribution is 0.214. The van der Waals surface area contributed by atoms with Gasteiger partial charge in [-0.05, 0) is 63.3 Å². The van der Waals surface area contributed by atoms with Crippen LogP contribution >= 0.6 is 12.2 Å². The van der Waals surface area contributed by atoms with Gasteiger partial charge >= 0.3 is 0 Å². The second kappa shape index (κ2) is 4.52. The Bertz CT molecular complexity index is 625. The highest BCUT2D eigenvalue weighted by Crippen LogP contribution is 2.26. The summed E-state index contributed by atoms with van der Waals surface area (Å²) in [5, 5.41) is 0. The second-order valence-electron chi connectivity index (χ2n) is 5.38. The number of benzene rings is 1. The van der Waals surface area contributed by atoms with Gasteiger partial charge in [-0.15, -0.1) is 0 Å². The van der Waals surface area contributed by atoms with Crippen LogP contribution in [0.15, 0.2) is 18.2 Å². The van der Waals surface area contributed by atoms with E-state index in [0.29, 0.717) is 6.04 Å². The molecule has 4 heteroatoms. The van der Waals surface area contributed by atoms with Crippen molar-refractivity contribution >= 4 is 23.3 Å². The Labute approximate surface area is 112 Å². The molecule has 1 aliphatic rings. The Morgan fingerprint density at radius 1 is 1.39 bits per heavy atom. The predicted octanol–water partition coefficient (Wildman–Crippen LogP) is 3.27. The van der Waals surface area contributed by atoms with Crippen molar-refractivity contribution in [1.82, 2.24) is 14.5 Å². The first-order valence-corrected chi connectivity index (χ1v) is 6.95. The highest BCUT2D eigenvalue weighted by Gasteiger charge is 2.21. The maximum Gasteiger partial charge on any atom is 0.178 e. The third-order valence-electron chi connectivity index (χ3n) is 3.84. The Kier molecular flexibility index (Phi) is 2.99. The zero-order chi connectivity index (χ0) is 12.7. The molecule has 0 bridgehead atoms. The first-order chi connectivity index (χ1) is 8.65. The Hall–Kier alpha value is -1.13. The van der Waals surface area contributed by atoms with Gasteiger partial charge < -0.3 is 14.5 Å². The van der Waals surface area contributed by atoms with Gasteiger partial charge in [0, 0.05) is 12.6 Å². The normalized spacial score (nSPS) is 21.6. The molecule has 1 fully saturated rings. The zero-order valence-electron chi connectivity index (χ0n) is 10.9. The first-order valence-electron chi connectivity index (χ1n) is 6.54. The minimum atomic E-state index is 0.506. The third-order valence-corrected chi connectivity index (χ3v) is 4.14. The first kappa shape index (κ1) is 11.9. The van der Waals surface area contributed by atoms with Gasteiger partial charge in [0.05, 0.1) is 11.0 Å². The van der Waals surface area contributed by atoms with Crippen LogP contribution in [0.2, 0.25) is 0 Å². The monoisotopic (exact) mass is 261 g/mol. The number of likely N-dealkylation sites (N-methyl/N-ethyl adjacent to an activating group) is 1. The number of H-pyrrole nitrogens is 1. The molecule has 0 amide bonds. The molecule has 2 heterocycles. The highest BCUT2D eigenvalue weighted by molar-refractivity contribution is 7.71. The zero-order valence-corrected chi connectivity index (χ0v) is 11.8. The van der Waals surface area contributed by atoms with E-state index in [1.165, 1.54) is 30.5 Å². The van der Waals surface area contributed by atoms with E-state index in [0.717, 1.165) is 16.8 Å². The molecule has 3 rings (SSSR count). The lowest BCUT2D eigenvalue weighted by Crippen LogP contribution is -2.33. The molecule has 0 spiro atoms. The SMILES string of the molecule is Cc1ccc2[nH]c(=S)n(C3CCCN(C)C3)c2c1. The standard InChI is InChI=1S/C14H19N3S/c1-10-5-6-12-13(8-10)17(14(18)15-12)11-4-3-7-16(2)9-11/h5-6,8,11H,3-4,7,9H2,1-2H3,(H,15,18). The number of fused-ring (bicyclic) bond motifs is 1. The molecule has 0 saturated carbocycles. The van der Waals surface area contributed by atoms with E-state index in [9.17, 15) is 0 Å². The number of hydrogen-bond acceptors (Lipinski definition) is 2. The Morgan fingerprint density at radius 2 is 2.22 bits per heavy atom. The maximum absolute atomic E-state index is 5.50. The smallest absolute Gasteiger partial charge is 0.178 e. The van der Waals surface area contributed by atoms with Gasteiger partial charge in [-0.25, -0.2) is 0 Å². The van der Waals surface area contributed by atoms with Crippen LogP contribution < -0.4 is 0 Å². The molecule has 1 atom stereocenters. The molecular formula is C14H19N3S. The number of piperidine rings is 1. The summed E-state index contributed by atoms with van der Waals surface area (Å²) < 4.78 is 3.17. The van der Waals surface area contributed by atoms with Crippen molar-refractivity contribution < 1.29 is 0 Å². The van der Waals surface area contributed by atoms with Gasteiger partial charge in [0.15, 0.2) is 4.77 Å². The number of aromatic amines is 1. The van der Waals surface area contributed by atoms with E-state index in [1.54, 1.807) is 0 Å². The summed E-state index contributed by atoms with van der Waals surface area (Å²) in [6, 6.07) is 7.00. The topological polar surface area (TPSA) is 24.0 Å². The Morgan fingerprint density at radius 3 is 3.00 bits per heavy atom. The lowest BCUT2D eigenvalue weighted by Gasteiger charge is -2.30. The van der Waals surface area contributed by atoms with E-state index in [-0.39, 0.29) is 0 Å². The minimum Gasteiger partial charge on any atom is -0.331 e. The number of likely N-dealkylation sites (tertiary alicyclic amines) is 1. The summed E-state index contributed by atoms with van der Waals surface area (Å²) in [6.07, 6.45) is 2.47. The molecule has 0 radical (unpaired) electrons. The van der Waals surface area contributed by atoms with Crippen LogP contribution in [0, 0.1) is 11.7 Å². The van der Waals surface area contributed by atoms with Crippen LogP contribution in [-0.2, 0) is 0 Å². The summed E-state index contributed by atoms with van der Waals surface area (Å²) >= 11 is 5.50. The summed E-state index contributed by atoms with van der Waals surface area (Å²) in [4.78, 5) is 5.72. The average molecular weight is 261 g/mol. The second-order valence-corrected chi connectivity index (χ2v) is 5.77. The van der Waals surface area contributed by atoms with E-state index in [1.807, 2.05) is 0 Å². The molecule has 1 unspecified atom stereocenters. The van der Waals surface area contributed by atoms with Gasteiger partial charge in [0.1, 0.15) is 0 Å². The van der Waals surface area contributed by atoms with Gasteiger partial charge in [0.2, 0.25) is 0 Å². The molecule has 1 N–H and O–H groups in total. The molecule has 0 aliphatic carbocycles. The molecular weight excluding hydrogens is 242 g/mol. The molecule has 96 valence electrons. The lowest BCUT2D eigenvalue weighted by atomic mass is 10.1. The maximum atomic E-state index is 5.50. The molecule has 18 heavy (non-hydrogen) atoms.